The summed E-state index contributed by atoms with van der Waals surface area (Å²) in [4.78, 5) is 42.6. The Hall–Kier alpha value is -1.93. The van der Waals surface area contributed by atoms with Gasteiger partial charge in [0.2, 0.25) is 5.91 Å². The van der Waals surface area contributed by atoms with Gasteiger partial charge < -0.3 is 14.4 Å². The Morgan fingerprint density at radius 3 is 2.52 bits per heavy atom. The minimum atomic E-state index is -0.511. The number of carbonyl (C=O) groups is 3. The van der Waals surface area contributed by atoms with Crippen molar-refractivity contribution < 1.29 is 28.7 Å². The van der Waals surface area contributed by atoms with Crippen molar-refractivity contribution in [1.29, 1.82) is 0 Å². The minimum absolute atomic E-state index is 0.0391. The molecule has 0 aliphatic carbocycles. The predicted octanol–water partition coefficient (Wildman–Crippen LogP) is 1.49. The number of amides is 2. The summed E-state index contributed by atoms with van der Waals surface area (Å²) in [6.07, 6.45) is 5.67. The first-order chi connectivity index (χ1) is 12.8. The number of likely N-dealkylation sites (tertiary alicyclic amines) is 1. The molecule has 2 saturated heterocycles. The lowest BCUT2D eigenvalue weighted by atomic mass is 10.0. The lowest BCUT2D eigenvalue weighted by Crippen LogP contribution is -2.40. The van der Waals surface area contributed by atoms with Crippen molar-refractivity contribution in [2.75, 3.05) is 19.7 Å². The van der Waals surface area contributed by atoms with E-state index in [1.165, 1.54) is 19.1 Å². The van der Waals surface area contributed by atoms with Crippen LogP contribution in [0.25, 0.3) is 0 Å². The number of nitrogens with zero attached hydrogens (tertiary/aromatic N) is 1. The Balaban J connectivity index is 1.82. The number of nitrogens with one attached hydrogen (secondary N) is 1. The van der Waals surface area contributed by atoms with Gasteiger partial charge in [-0.05, 0) is 39.2 Å². The lowest BCUT2D eigenvalue weighted by molar-refractivity contribution is -0.144. The maximum Gasteiger partial charge on any atom is 0.303 e. The van der Waals surface area contributed by atoms with Gasteiger partial charge >= 0.3 is 5.97 Å². The van der Waals surface area contributed by atoms with E-state index >= 15 is 0 Å². The van der Waals surface area contributed by atoms with Gasteiger partial charge in [-0.1, -0.05) is 0 Å². The summed E-state index contributed by atoms with van der Waals surface area (Å²) in [7, 11) is 0. The molecule has 152 valence electrons. The quantitative estimate of drug-likeness (QED) is 0.281. The molecule has 2 aliphatic rings. The summed E-state index contributed by atoms with van der Waals surface area (Å²) in [5.74, 6) is -0.860. The number of carbonyl (C=O) groups excluding carboxylic acids is 3. The average molecular weight is 382 g/mol. The number of hydroxylamine groups is 1. The maximum absolute atomic E-state index is 12.5. The van der Waals surface area contributed by atoms with Crippen molar-refractivity contribution in [1.82, 2.24) is 10.4 Å². The van der Waals surface area contributed by atoms with Crippen molar-refractivity contribution in [3.63, 3.8) is 0 Å². The Bertz CT molecular complexity index is 567. The van der Waals surface area contributed by atoms with Crippen LogP contribution in [0.5, 0.6) is 0 Å². The van der Waals surface area contributed by atoms with Crippen LogP contribution in [0, 0.1) is 0 Å². The van der Waals surface area contributed by atoms with Gasteiger partial charge in [0, 0.05) is 32.5 Å². The minimum Gasteiger partial charge on any atom is -0.459 e. The maximum atomic E-state index is 12.5. The zero-order valence-electron chi connectivity index (χ0n) is 16.4. The molecule has 0 unspecified atom stereocenters. The summed E-state index contributed by atoms with van der Waals surface area (Å²) in [5, 5.41) is 0. The normalized spacial score (nSPS) is 24.3. The first-order valence-corrected chi connectivity index (χ1v) is 9.50. The van der Waals surface area contributed by atoms with Crippen molar-refractivity contribution in [3.8, 4) is 0 Å². The second-order valence-corrected chi connectivity index (χ2v) is 7.47. The molecule has 8 heteroatoms. The van der Waals surface area contributed by atoms with Crippen molar-refractivity contribution >= 4 is 17.8 Å². The smallest absolute Gasteiger partial charge is 0.303 e. The summed E-state index contributed by atoms with van der Waals surface area (Å²) in [5.41, 5.74) is 2.06. The Morgan fingerprint density at radius 1 is 1.26 bits per heavy atom. The van der Waals surface area contributed by atoms with E-state index in [9.17, 15) is 14.4 Å². The fraction of sp³-hybridized carbons (Fsp3) is 0.737. The average Bonchev–Trinajstić information content (AvgIpc) is 3.35. The van der Waals surface area contributed by atoms with Crippen LogP contribution in [-0.4, -0.2) is 60.2 Å². The highest BCUT2D eigenvalue weighted by Crippen LogP contribution is 2.33. The number of esters is 1. The van der Waals surface area contributed by atoms with Crippen molar-refractivity contribution in [2.24, 2.45) is 0 Å². The summed E-state index contributed by atoms with van der Waals surface area (Å²) >= 11 is 0. The highest BCUT2D eigenvalue weighted by Gasteiger charge is 2.42. The van der Waals surface area contributed by atoms with E-state index in [1.807, 2.05) is 11.8 Å². The number of hydrogen-bond donors (Lipinski definition) is 1. The zero-order valence-corrected chi connectivity index (χ0v) is 16.4. The van der Waals surface area contributed by atoms with Crippen LogP contribution in [0.15, 0.2) is 12.2 Å². The van der Waals surface area contributed by atoms with Crippen LogP contribution in [-0.2, 0) is 28.7 Å². The molecule has 3 atom stereocenters. The number of piperidine rings is 1. The van der Waals surface area contributed by atoms with E-state index in [1.54, 1.807) is 6.92 Å². The third-order valence-electron chi connectivity index (χ3n) is 4.60. The van der Waals surface area contributed by atoms with E-state index in [2.05, 4.69) is 5.48 Å². The van der Waals surface area contributed by atoms with Gasteiger partial charge in [0.15, 0.2) is 0 Å². The lowest BCUT2D eigenvalue weighted by Gasteiger charge is -2.28. The summed E-state index contributed by atoms with van der Waals surface area (Å²) in [6, 6.07) is 0. The molecule has 0 bridgehead atoms. The molecule has 0 aromatic rings. The van der Waals surface area contributed by atoms with Gasteiger partial charge in [-0.15, -0.1) is 0 Å². The third-order valence-corrected chi connectivity index (χ3v) is 4.60. The first kappa shape index (κ1) is 21.4. The monoisotopic (exact) mass is 382 g/mol. The molecular weight excluding hydrogens is 352 g/mol. The highest BCUT2D eigenvalue weighted by atomic mass is 16.7. The van der Waals surface area contributed by atoms with Gasteiger partial charge in [-0.25, -0.2) is 5.48 Å². The molecule has 2 fully saturated rings. The molecular formula is C19H30N2O6. The predicted molar refractivity (Wildman–Crippen MR) is 97.4 cm³/mol. The van der Waals surface area contributed by atoms with Crippen LogP contribution in [0.2, 0.25) is 0 Å². The van der Waals surface area contributed by atoms with Crippen LogP contribution >= 0.6 is 0 Å². The van der Waals surface area contributed by atoms with Crippen molar-refractivity contribution in [2.45, 2.75) is 70.7 Å². The number of epoxide rings is 1. The van der Waals surface area contributed by atoms with Crippen LogP contribution in [0.4, 0.5) is 0 Å². The first-order valence-electron chi connectivity index (χ1n) is 9.50. The van der Waals surface area contributed by atoms with Gasteiger partial charge in [-0.2, -0.15) is 0 Å². The molecule has 2 rings (SSSR count). The Labute approximate surface area is 160 Å². The number of ether oxygens (including phenoxy) is 2. The molecule has 2 heterocycles. The van der Waals surface area contributed by atoms with E-state index in [-0.39, 0.29) is 17.9 Å². The molecule has 27 heavy (non-hydrogen) atoms. The van der Waals surface area contributed by atoms with Crippen LogP contribution < -0.4 is 5.48 Å². The fourth-order valence-corrected chi connectivity index (χ4v) is 3.04. The van der Waals surface area contributed by atoms with E-state index in [4.69, 9.17) is 14.3 Å². The largest absolute Gasteiger partial charge is 0.459 e. The van der Waals surface area contributed by atoms with E-state index in [0.717, 1.165) is 32.4 Å². The molecule has 0 aromatic carbocycles. The van der Waals surface area contributed by atoms with Gasteiger partial charge in [0.1, 0.15) is 6.10 Å². The molecule has 0 saturated carbocycles. The second-order valence-electron chi connectivity index (χ2n) is 7.47. The van der Waals surface area contributed by atoms with E-state index in [0.29, 0.717) is 13.0 Å². The highest BCUT2D eigenvalue weighted by molar-refractivity contribution is 5.86. The molecule has 0 radical (unpaired) electrons. The third kappa shape index (κ3) is 8.09. The Morgan fingerprint density at radius 2 is 1.93 bits per heavy atom. The number of rotatable bonds is 9. The molecule has 8 nitrogen and oxygen atoms in total. The number of hydrogen-bond acceptors (Lipinski definition) is 6. The zero-order chi connectivity index (χ0) is 19.9. The topological polar surface area (TPSA) is 97.5 Å². The van der Waals surface area contributed by atoms with E-state index < -0.39 is 24.1 Å². The molecule has 0 aromatic heterocycles. The molecule has 1 N–H and O–H groups in total. The fourth-order valence-electron chi connectivity index (χ4n) is 3.04. The molecule has 2 aliphatic heterocycles. The van der Waals surface area contributed by atoms with Gasteiger partial charge in [0.05, 0.1) is 24.7 Å². The summed E-state index contributed by atoms with van der Waals surface area (Å²) in [6.45, 7) is 7.09. The van der Waals surface area contributed by atoms with Crippen LogP contribution in [0.1, 0.15) is 52.9 Å². The van der Waals surface area contributed by atoms with Crippen molar-refractivity contribution in [3.05, 3.63) is 12.2 Å². The van der Waals surface area contributed by atoms with Crippen LogP contribution in [0.3, 0.4) is 0 Å². The standard InChI is InChI=1S/C19H30N2O6/c1-14(26-15(2)22)7-8-17(23)20-27-16(12-19(3)13-25-19)11-18(24)21-9-5-4-6-10-21/h7-8,14,16H,4-6,9-13H2,1-3H3,(H,20,23)/b8-7-/t14-,16+,19+/m0/s1. The summed E-state index contributed by atoms with van der Waals surface area (Å²) < 4.78 is 10.3. The van der Waals surface area contributed by atoms with Gasteiger partial charge in [-0.3, -0.25) is 19.2 Å². The SMILES string of the molecule is CC(=O)O[C@@H](C)/C=C\C(=O)NO[C@H](CC(=O)N1CCCCC1)C[C@]1(C)CO1. The second kappa shape index (κ2) is 9.85. The Kier molecular flexibility index (Phi) is 7.79. The molecule has 2 amide bonds. The van der Waals surface area contributed by atoms with Gasteiger partial charge in [0.25, 0.3) is 5.91 Å². The molecule has 0 spiro atoms.